The van der Waals surface area contributed by atoms with Crippen LogP contribution in [0, 0.1) is 5.82 Å². The van der Waals surface area contributed by atoms with Gasteiger partial charge >= 0.3 is 0 Å². The lowest BCUT2D eigenvalue weighted by atomic mass is 10.2. The van der Waals surface area contributed by atoms with Gasteiger partial charge in [-0.3, -0.25) is 0 Å². The maximum Gasteiger partial charge on any atom is 0.264 e. The van der Waals surface area contributed by atoms with E-state index in [2.05, 4.69) is 14.8 Å². The van der Waals surface area contributed by atoms with Crippen LogP contribution in [0.3, 0.4) is 0 Å². The van der Waals surface area contributed by atoms with Gasteiger partial charge < -0.3 is 0 Å². The Kier molecular flexibility index (Phi) is 4.14. The van der Waals surface area contributed by atoms with Crippen LogP contribution in [-0.2, 0) is 10.0 Å². The van der Waals surface area contributed by atoms with Crippen molar-refractivity contribution in [1.29, 1.82) is 0 Å². The molecule has 2 aromatic heterocycles. The summed E-state index contributed by atoms with van der Waals surface area (Å²) in [5.74, 6) is -0.575. The van der Waals surface area contributed by atoms with Crippen molar-refractivity contribution in [2.45, 2.75) is 4.90 Å². The molecule has 0 amide bonds. The molecule has 0 atom stereocenters. The van der Waals surface area contributed by atoms with E-state index in [0.717, 1.165) is 23.4 Å². The number of nitrogens with zero attached hydrogens (tertiary/aromatic N) is 3. The number of hydrogen-bond acceptors (Lipinski definition) is 5. The molecule has 4 aromatic rings. The molecule has 0 aliphatic rings. The maximum atomic E-state index is 13.0. The summed E-state index contributed by atoms with van der Waals surface area (Å²) in [5.41, 5.74) is 1.64. The smallest absolute Gasteiger partial charge is 0.246 e. The summed E-state index contributed by atoms with van der Waals surface area (Å²) in [7, 11) is -3.91. The molecule has 2 aromatic carbocycles. The van der Waals surface area contributed by atoms with Gasteiger partial charge in [-0.15, -0.1) is 16.4 Å². The van der Waals surface area contributed by atoms with Crippen molar-refractivity contribution in [3.05, 3.63) is 64.8 Å². The van der Waals surface area contributed by atoms with Crippen LogP contribution < -0.4 is 4.72 Å². The highest BCUT2D eigenvalue weighted by Crippen LogP contribution is 2.27. The number of anilines is 1. The Morgan fingerprint density at radius 2 is 1.77 bits per heavy atom. The summed E-state index contributed by atoms with van der Waals surface area (Å²) < 4.78 is 41.6. The first kappa shape index (κ1) is 17.0. The third kappa shape index (κ3) is 3.16. The van der Waals surface area contributed by atoms with Gasteiger partial charge in [0, 0.05) is 16.0 Å². The molecule has 26 heavy (non-hydrogen) atoms. The molecule has 132 valence electrons. The Morgan fingerprint density at radius 3 is 2.46 bits per heavy atom. The van der Waals surface area contributed by atoms with Crippen LogP contribution in [0.2, 0.25) is 5.02 Å². The number of halogens is 2. The molecule has 0 unspecified atom stereocenters. The lowest BCUT2D eigenvalue weighted by molar-refractivity contribution is 0.599. The van der Waals surface area contributed by atoms with Crippen molar-refractivity contribution in [2.75, 3.05) is 4.72 Å². The highest BCUT2D eigenvalue weighted by atomic mass is 35.5. The molecule has 2 heterocycles. The number of aromatic nitrogens is 3. The minimum Gasteiger partial charge on any atom is -0.246 e. The summed E-state index contributed by atoms with van der Waals surface area (Å²) >= 11 is 7.23. The van der Waals surface area contributed by atoms with E-state index in [0.29, 0.717) is 9.98 Å². The first-order valence-electron chi connectivity index (χ1n) is 7.31. The molecule has 0 saturated heterocycles. The number of nitrogens with one attached hydrogen (secondary N) is 1. The number of sulfonamides is 1. The number of thiazole rings is 1. The minimum absolute atomic E-state index is 0.0589. The Morgan fingerprint density at radius 1 is 1.08 bits per heavy atom. The zero-order valence-corrected chi connectivity index (χ0v) is 15.3. The fraction of sp³-hybridized carbons (Fsp3) is 0. The van der Waals surface area contributed by atoms with Crippen LogP contribution in [0.4, 0.5) is 10.3 Å². The topological polar surface area (TPSA) is 76.4 Å². The molecule has 0 aliphatic carbocycles. The average Bonchev–Trinajstić information content (AvgIpc) is 3.15. The molecule has 10 heteroatoms. The van der Waals surface area contributed by atoms with Crippen molar-refractivity contribution in [2.24, 2.45) is 0 Å². The molecule has 0 bridgehead atoms. The Labute approximate surface area is 156 Å². The summed E-state index contributed by atoms with van der Waals surface area (Å²) in [4.78, 5) is 4.64. The quantitative estimate of drug-likeness (QED) is 0.552. The minimum atomic E-state index is -3.91. The van der Waals surface area contributed by atoms with Gasteiger partial charge in [0.05, 0.1) is 10.6 Å². The van der Waals surface area contributed by atoms with E-state index >= 15 is 0 Å². The van der Waals surface area contributed by atoms with Crippen LogP contribution in [-0.4, -0.2) is 23.0 Å². The van der Waals surface area contributed by atoms with Gasteiger partial charge in [0.2, 0.25) is 4.96 Å². The average molecular weight is 409 g/mol. The standard InChI is InChI=1S/C16H10ClFN4O2S2/c17-11-3-1-10(2-4-11)14-9-25-16-19-15(20-22(14)16)21-26(23,24)13-7-5-12(18)6-8-13/h1-9H,(H,20,21). The third-order valence-corrected chi connectivity index (χ3v) is 5.98. The van der Waals surface area contributed by atoms with Crippen LogP contribution in [0.15, 0.2) is 58.8 Å². The summed E-state index contributed by atoms with van der Waals surface area (Å²) in [6.45, 7) is 0. The predicted octanol–water partition coefficient (Wildman–Crippen LogP) is 4.05. The highest BCUT2D eigenvalue weighted by molar-refractivity contribution is 7.92. The SMILES string of the molecule is O=S(=O)(Nc1nc2scc(-c3ccc(Cl)cc3)n2n1)c1ccc(F)cc1. The van der Waals surface area contributed by atoms with Gasteiger partial charge in [0.25, 0.3) is 16.0 Å². The van der Waals surface area contributed by atoms with E-state index < -0.39 is 15.8 Å². The molecule has 0 radical (unpaired) electrons. The fourth-order valence-electron chi connectivity index (χ4n) is 2.34. The van der Waals surface area contributed by atoms with Gasteiger partial charge in [-0.05, 0) is 36.4 Å². The lowest BCUT2D eigenvalue weighted by Gasteiger charge is -2.04. The van der Waals surface area contributed by atoms with E-state index in [4.69, 9.17) is 11.6 Å². The molecular weight excluding hydrogens is 399 g/mol. The molecule has 0 fully saturated rings. The van der Waals surface area contributed by atoms with E-state index in [1.165, 1.54) is 23.5 Å². The molecule has 0 spiro atoms. The molecular formula is C16H10ClFN4O2S2. The van der Waals surface area contributed by atoms with Crippen molar-refractivity contribution in [3.8, 4) is 11.3 Å². The van der Waals surface area contributed by atoms with E-state index in [-0.39, 0.29) is 10.8 Å². The summed E-state index contributed by atoms with van der Waals surface area (Å²) in [6, 6.07) is 11.7. The van der Waals surface area contributed by atoms with E-state index in [9.17, 15) is 12.8 Å². The van der Waals surface area contributed by atoms with Crippen LogP contribution >= 0.6 is 22.9 Å². The van der Waals surface area contributed by atoms with E-state index in [1.807, 2.05) is 17.5 Å². The van der Waals surface area contributed by atoms with Crippen molar-refractivity contribution in [1.82, 2.24) is 14.6 Å². The Balaban J connectivity index is 1.68. The van der Waals surface area contributed by atoms with Crippen LogP contribution in [0.25, 0.3) is 16.2 Å². The predicted molar refractivity (Wildman–Crippen MR) is 98.5 cm³/mol. The van der Waals surface area contributed by atoms with Gasteiger partial charge in [-0.25, -0.2) is 22.0 Å². The first-order chi connectivity index (χ1) is 12.4. The summed E-state index contributed by atoms with van der Waals surface area (Å²) in [5, 5.41) is 6.71. The van der Waals surface area contributed by atoms with Crippen LogP contribution in [0.5, 0.6) is 0 Å². The first-order valence-corrected chi connectivity index (χ1v) is 10.0. The molecule has 0 saturated carbocycles. The van der Waals surface area contributed by atoms with Gasteiger partial charge in [0.1, 0.15) is 5.82 Å². The number of fused-ring (bicyclic) bond motifs is 1. The zero-order valence-electron chi connectivity index (χ0n) is 12.9. The molecule has 0 aliphatic heterocycles. The maximum absolute atomic E-state index is 13.0. The number of hydrogen-bond donors (Lipinski definition) is 1. The number of benzene rings is 2. The van der Waals surface area contributed by atoms with Gasteiger partial charge in [-0.1, -0.05) is 23.7 Å². The second-order valence-electron chi connectivity index (χ2n) is 5.32. The monoisotopic (exact) mass is 408 g/mol. The van der Waals surface area contributed by atoms with Crippen molar-refractivity contribution >= 4 is 43.9 Å². The fourth-order valence-corrected chi connectivity index (χ4v) is 4.23. The van der Waals surface area contributed by atoms with Gasteiger partial charge in [0.15, 0.2) is 0 Å². The molecule has 6 nitrogen and oxygen atoms in total. The highest BCUT2D eigenvalue weighted by Gasteiger charge is 2.18. The molecule has 1 N–H and O–H groups in total. The Bertz CT molecular complexity index is 1190. The summed E-state index contributed by atoms with van der Waals surface area (Å²) in [6.07, 6.45) is 0. The van der Waals surface area contributed by atoms with Crippen molar-refractivity contribution in [3.63, 3.8) is 0 Å². The van der Waals surface area contributed by atoms with E-state index in [1.54, 1.807) is 16.6 Å². The molecule has 4 rings (SSSR count). The number of rotatable bonds is 4. The Hall–Kier alpha value is -2.49. The zero-order chi connectivity index (χ0) is 18.3. The third-order valence-electron chi connectivity index (χ3n) is 3.57. The van der Waals surface area contributed by atoms with Gasteiger partial charge in [-0.2, -0.15) is 4.98 Å². The lowest BCUT2D eigenvalue weighted by Crippen LogP contribution is -2.14. The second kappa shape index (κ2) is 6.35. The van der Waals surface area contributed by atoms with Crippen molar-refractivity contribution < 1.29 is 12.8 Å². The second-order valence-corrected chi connectivity index (χ2v) is 8.27. The normalized spacial score (nSPS) is 11.8. The van der Waals surface area contributed by atoms with Crippen LogP contribution in [0.1, 0.15) is 0 Å². The largest absolute Gasteiger partial charge is 0.264 e.